The van der Waals surface area contributed by atoms with Crippen LogP contribution in [0.25, 0.3) is 11.4 Å². The molecule has 1 aromatic carbocycles. The Balaban J connectivity index is 2.09. The monoisotopic (exact) mass is 291 g/mol. The van der Waals surface area contributed by atoms with Gasteiger partial charge < -0.3 is 10.2 Å². The van der Waals surface area contributed by atoms with Crippen LogP contribution < -0.4 is 10.2 Å². The van der Waals surface area contributed by atoms with E-state index in [4.69, 9.17) is 0 Å². The molecule has 1 N–H and O–H groups in total. The molecule has 1 saturated heterocycles. The third-order valence-electron chi connectivity index (χ3n) is 3.43. The normalized spacial score (nSPS) is 14.5. The second-order valence-corrected chi connectivity index (χ2v) is 4.83. The Morgan fingerprint density at radius 3 is 2.57 bits per heavy atom. The number of nitrogens with zero attached hydrogens (tertiary/aromatic N) is 4. The molecule has 1 aromatic heterocycles. The van der Waals surface area contributed by atoms with Gasteiger partial charge in [-0.25, -0.2) is 8.78 Å². The second-order valence-electron chi connectivity index (χ2n) is 4.83. The van der Waals surface area contributed by atoms with Crippen molar-refractivity contribution >= 4 is 11.9 Å². The van der Waals surface area contributed by atoms with Crippen molar-refractivity contribution in [3.63, 3.8) is 0 Å². The zero-order valence-corrected chi connectivity index (χ0v) is 11.6. The van der Waals surface area contributed by atoms with Crippen LogP contribution in [0.5, 0.6) is 0 Å². The average Bonchev–Trinajstić information content (AvgIpc) is 3.04. The van der Waals surface area contributed by atoms with Crippen LogP contribution in [0.1, 0.15) is 12.8 Å². The minimum Gasteiger partial charge on any atom is -0.357 e. The van der Waals surface area contributed by atoms with Crippen molar-refractivity contribution in [3.05, 3.63) is 29.8 Å². The van der Waals surface area contributed by atoms with Crippen LogP contribution in [0.2, 0.25) is 0 Å². The SMILES string of the molecule is CNc1nc(-c2cccc(F)c2F)nc(N2CCCC2)n1. The van der Waals surface area contributed by atoms with Crippen molar-refractivity contribution < 1.29 is 8.78 Å². The van der Waals surface area contributed by atoms with Gasteiger partial charge in [-0.3, -0.25) is 0 Å². The van der Waals surface area contributed by atoms with Crippen LogP contribution in [0.4, 0.5) is 20.7 Å². The zero-order chi connectivity index (χ0) is 14.8. The van der Waals surface area contributed by atoms with Crippen molar-refractivity contribution in [3.8, 4) is 11.4 Å². The van der Waals surface area contributed by atoms with E-state index >= 15 is 0 Å². The number of hydrogen-bond acceptors (Lipinski definition) is 5. The molecule has 0 atom stereocenters. The Hall–Kier alpha value is -2.31. The fourth-order valence-corrected chi connectivity index (χ4v) is 2.33. The van der Waals surface area contributed by atoms with Crippen molar-refractivity contribution in [2.45, 2.75) is 12.8 Å². The lowest BCUT2D eigenvalue weighted by Gasteiger charge is -2.16. The molecule has 3 rings (SSSR count). The number of benzene rings is 1. The Morgan fingerprint density at radius 2 is 1.86 bits per heavy atom. The largest absolute Gasteiger partial charge is 0.357 e. The van der Waals surface area contributed by atoms with E-state index in [-0.39, 0.29) is 11.4 Å². The molecule has 7 heteroatoms. The summed E-state index contributed by atoms with van der Waals surface area (Å²) < 4.78 is 27.3. The van der Waals surface area contributed by atoms with E-state index in [2.05, 4.69) is 20.3 Å². The first-order valence-corrected chi connectivity index (χ1v) is 6.82. The fourth-order valence-electron chi connectivity index (χ4n) is 2.33. The summed E-state index contributed by atoms with van der Waals surface area (Å²) in [4.78, 5) is 14.7. The molecule has 2 heterocycles. The molecule has 5 nitrogen and oxygen atoms in total. The summed E-state index contributed by atoms with van der Waals surface area (Å²) in [6.45, 7) is 1.72. The van der Waals surface area contributed by atoms with Gasteiger partial charge in [0.25, 0.3) is 0 Å². The van der Waals surface area contributed by atoms with Gasteiger partial charge in [0.15, 0.2) is 17.5 Å². The minimum atomic E-state index is -0.946. The van der Waals surface area contributed by atoms with Crippen LogP contribution >= 0.6 is 0 Å². The smallest absolute Gasteiger partial charge is 0.230 e. The number of halogens is 2. The zero-order valence-electron chi connectivity index (χ0n) is 11.6. The number of hydrogen-bond donors (Lipinski definition) is 1. The highest BCUT2D eigenvalue weighted by Crippen LogP contribution is 2.25. The second kappa shape index (κ2) is 5.59. The van der Waals surface area contributed by atoms with Gasteiger partial charge in [-0.1, -0.05) is 6.07 Å². The molecule has 0 unspecified atom stereocenters. The molecule has 0 radical (unpaired) electrons. The maximum Gasteiger partial charge on any atom is 0.230 e. The van der Waals surface area contributed by atoms with Crippen molar-refractivity contribution in [2.75, 3.05) is 30.4 Å². The quantitative estimate of drug-likeness (QED) is 0.941. The van der Waals surface area contributed by atoms with E-state index in [1.807, 2.05) is 4.90 Å². The highest BCUT2D eigenvalue weighted by Gasteiger charge is 2.19. The first-order valence-electron chi connectivity index (χ1n) is 6.82. The summed E-state index contributed by atoms with van der Waals surface area (Å²) in [6.07, 6.45) is 2.15. The summed E-state index contributed by atoms with van der Waals surface area (Å²) in [5.41, 5.74) is 0.0364. The third kappa shape index (κ3) is 2.63. The van der Waals surface area contributed by atoms with E-state index in [1.54, 1.807) is 7.05 Å². The number of rotatable bonds is 3. The lowest BCUT2D eigenvalue weighted by molar-refractivity contribution is 0.510. The summed E-state index contributed by atoms with van der Waals surface area (Å²) in [7, 11) is 1.68. The molecule has 1 aliphatic heterocycles. The van der Waals surface area contributed by atoms with Crippen LogP contribution in [0, 0.1) is 11.6 Å². The van der Waals surface area contributed by atoms with Gasteiger partial charge in [-0.05, 0) is 25.0 Å². The molecular formula is C14H15F2N5. The maximum absolute atomic E-state index is 13.9. The standard InChI is InChI=1S/C14H15F2N5/c1-17-13-18-12(9-5-4-6-10(15)11(9)16)19-14(20-13)21-7-2-3-8-21/h4-6H,2-3,7-8H2,1H3,(H,17,18,19,20). The van der Waals surface area contributed by atoms with Gasteiger partial charge in [0.1, 0.15) is 0 Å². The van der Waals surface area contributed by atoms with E-state index in [9.17, 15) is 8.78 Å². The summed E-state index contributed by atoms with van der Waals surface area (Å²) >= 11 is 0. The Bertz CT molecular complexity index is 656. The molecule has 110 valence electrons. The van der Waals surface area contributed by atoms with Gasteiger partial charge in [-0.15, -0.1) is 0 Å². The van der Waals surface area contributed by atoms with Crippen molar-refractivity contribution in [1.82, 2.24) is 15.0 Å². The van der Waals surface area contributed by atoms with Gasteiger partial charge in [0.2, 0.25) is 11.9 Å². The Kier molecular flexibility index (Phi) is 3.64. The first-order chi connectivity index (χ1) is 10.2. The number of anilines is 2. The summed E-state index contributed by atoms with van der Waals surface area (Å²) in [5.74, 6) is -0.899. The molecule has 2 aromatic rings. The van der Waals surface area contributed by atoms with Crippen LogP contribution in [0.15, 0.2) is 18.2 Å². The molecule has 0 amide bonds. The number of aromatic nitrogens is 3. The molecule has 21 heavy (non-hydrogen) atoms. The third-order valence-corrected chi connectivity index (χ3v) is 3.43. The lowest BCUT2D eigenvalue weighted by Crippen LogP contribution is -2.21. The first kappa shape index (κ1) is 13.7. The molecule has 0 saturated carbocycles. The fraction of sp³-hybridized carbons (Fsp3) is 0.357. The average molecular weight is 291 g/mol. The van der Waals surface area contributed by atoms with Gasteiger partial charge in [0.05, 0.1) is 5.56 Å². The predicted octanol–water partition coefficient (Wildman–Crippen LogP) is 2.46. The summed E-state index contributed by atoms with van der Waals surface area (Å²) in [6, 6.07) is 3.97. The van der Waals surface area contributed by atoms with Crippen LogP contribution in [0.3, 0.4) is 0 Å². The predicted molar refractivity (Wildman–Crippen MR) is 76.2 cm³/mol. The van der Waals surface area contributed by atoms with Gasteiger partial charge >= 0.3 is 0 Å². The van der Waals surface area contributed by atoms with Gasteiger partial charge in [0, 0.05) is 20.1 Å². The van der Waals surface area contributed by atoms with Crippen LogP contribution in [-0.2, 0) is 0 Å². The molecular weight excluding hydrogens is 276 g/mol. The topological polar surface area (TPSA) is 53.9 Å². The maximum atomic E-state index is 13.9. The van der Waals surface area contributed by atoms with E-state index in [0.29, 0.717) is 11.9 Å². The Morgan fingerprint density at radius 1 is 1.10 bits per heavy atom. The van der Waals surface area contributed by atoms with Crippen LogP contribution in [-0.4, -0.2) is 35.1 Å². The highest BCUT2D eigenvalue weighted by atomic mass is 19.2. The minimum absolute atomic E-state index is 0.0364. The van der Waals surface area contributed by atoms with E-state index < -0.39 is 11.6 Å². The molecule has 1 aliphatic rings. The highest BCUT2D eigenvalue weighted by molar-refractivity contribution is 5.59. The van der Waals surface area contributed by atoms with Crippen molar-refractivity contribution in [2.24, 2.45) is 0 Å². The van der Waals surface area contributed by atoms with Gasteiger partial charge in [-0.2, -0.15) is 15.0 Å². The molecule has 0 bridgehead atoms. The molecule has 0 aliphatic carbocycles. The molecule has 0 spiro atoms. The summed E-state index contributed by atoms with van der Waals surface area (Å²) in [5, 5.41) is 2.83. The van der Waals surface area contributed by atoms with E-state index in [0.717, 1.165) is 32.0 Å². The van der Waals surface area contributed by atoms with Crippen molar-refractivity contribution in [1.29, 1.82) is 0 Å². The molecule has 1 fully saturated rings. The Labute approximate surface area is 121 Å². The number of nitrogens with one attached hydrogen (secondary N) is 1. The van der Waals surface area contributed by atoms with E-state index in [1.165, 1.54) is 12.1 Å². The lowest BCUT2D eigenvalue weighted by atomic mass is 10.2.